The van der Waals surface area contributed by atoms with Crippen molar-refractivity contribution >= 4 is 23.9 Å². The van der Waals surface area contributed by atoms with Crippen LogP contribution in [0.15, 0.2) is 146 Å². The van der Waals surface area contributed by atoms with E-state index in [9.17, 15) is 19.2 Å². The maximum absolute atomic E-state index is 14.2. The average molecular weight is 686 g/mol. The molecule has 0 aliphatic rings. The zero-order valence-corrected chi connectivity index (χ0v) is 28.0. The second-order valence-electron chi connectivity index (χ2n) is 11.8. The minimum absolute atomic E-state index is 0.164. The minimum Gasteiger partial charge on any atom is -0.460 e. The predicted molar refractivity (Wildman–Crippen MR) is 189 cm³/mol. The summed E-state index contributed by atoms with van der Waals surface area (Å²) in [6.07, 6.45) is 0. The lowest BCUT2D eigenvalue weighted by Crippen LogP contribution is -2.43. The van der Waals surface area contributed by atoms with Crippen LogP contribution in [0.5, 0.6) is 0 Å². The third-order valence-corrected chi connectivity index (χ3v) is 8.23. The first-order valence-electron chi connectivity index (χ1n) is 16.5. The van der Waals surface area contributed by atoms with E-state index < -0.39 is 41.6 Å². The van der Waals surface area contributed by atoms with Crippen molar-refractivity contribution in [3.8, 4) is 0 Å². The number of esters is 4. The highest BCUT2D eigenvalue weighted by Crippen LogP contribution is 2.37. The zero-order valence-electron chi connectivity index (χ0n) is 28.0. The number of hydrogen-bond acceptors (Lipinski definition) is 9. The number of rotatable bonds is 16. The maximum atomic E-state index is 14.2. The summed E-state index contributed by atoms with van der Waals surface area (Å²) in [7, 11) is 0. The van der Waals surface area contributed by atoms with E-state index >= 15 is 0 Å². The van der Waals surface area contributed by atoms with Crippen LogP contribution in [0.4, 0.5) is 0 Å². The molecule has 5 aromatic carbocycles. The SMILES string of the molecule is NCc1ccc(C(C(C(=O)OCc2ccccc2)C(=O)OCc2ccccc2)C(C(=O)OCc2ccccc2)C(=O)OCc2ccccc2)cc1. The number of nitrogens with two attached hydrogens (primary N) is 1. The van der Waals surface area contributed by atoms with Crippen molar-refractivity contribution in [1.29, 1.82) is 0 Å². The van der Waals surface area contributed by atoms with Gasteiger partial charge in [-0.25, -0.2) is 0 Å². The summed E-state index contributed by atoms with van der Waals surface area (Å²) in [5, 5.41) is 0. The molecule has 5 aromatic rings. The molecular formula is C42H39NO8. The monoisotopic (exact) mass is 685 g/mol. The van der Waals surface area contributed by atoms with E-state index in [-0.39, 0.29) is 33.0 Å². The van der Waals surface area contributed by atoms with Gasteiger partial charge in [0.1, 0.15) is 26.4 Å². The zero-order chi connectivity index (χ0) is 35.8. The Balaban J connectivity index is 1.56. The molecule has 51 heavy (non-hydrogen) atoms. The Morgan fingerprint density at radius 3 is 0.922 bits per heavy atom. The highest BCUT2D eigenvalue weighted by atomic mass is 16.6. The summed E-state index contributed by atoms with van der Waals surface area (Å²) in [6, 6.07) is 42.4. The molecule has 0 unspecified atom stereocenters. The first-order valence-corrected chi connectivity index (χ1v) is 16.5. The molecule has 0 radical (unpaired) electrons. The Bertz CT molecular complexity index is 1620. The molecule has 5 rings (SSSR count). The lowest BCUT2D eigenvalue weighted by atomic mass is 9.76. The molecule has 260 valence electrons. The van der Waals surface area contributed by atoms with Crippen LogP contribution < -0.4 is 5.73 Å². The lowest BCUT2D eigenvalue weighted by molar-refractivity contribution is -0.171. The van der Waals surface area contributed by atoms with E-state index in [1.54, 1.807) is 121 Å². The van der Waals surface area contributed by atoms with Gasteiger partial charge in [0.25, 0.3) is 0 Å². The van der Waals surface area contributed by atoms with Crippen LogP contribution in [0.3, 0.4) is 0 Å². The van der Waals surface area contributed by atoms with E-state index in [1.165, 1.54) is 0 Å². The number of ether oxygens (including phenoxy) is 4. The van der Waals surface area contributed by atoms with Crippen LogP contribution in [0, 0.1) is 11.8 Å². The van der Waals surface area contributed by atoms with Crippen molar-refractivity contribution in [1.82, 2.24) is 0 Å². The molecule has 0 aliphatic heterocycles. The standard InChI is InChI=1S/C42H39NO8/c43-25-30-21-23-35(24-22-30)36(37(39(44)48-26-31-13-5-1-6-14-31)40(45)49-27-32-15-7-2-8-16-32)38(41(46)50-28-33-17-9-3-10-18-33)42(47)51-29-34-19-11-4-12-20-34/h1-24,36-38H,25-29,43H2. The van der Waals surface area contributed by atoms with Gasteiger partial charge in [0.15, 0.2) is 11.8 Å². The number of benzene rings is 5. The molecule has 9 nitrogen and oxygen atoms in total. The Morgan fingerprint density at radius 1 is 0.392 bits per heavy atom. The van der Waals surface area contributed by atoms with Crippen molar-refractivity contribution in [2.24, 2.45) is 17.6 Å². The molecule has 0 aromatic heterocycles. The molecule has 0 heterocycles. The first kappa shape index (κ1) is 36.2. The van der Waals surface area contributed by atoms with Crippen molar-refractivity contribution in [3.05, 3.63) is 179 Å². The van der Waals surface area contributed by atoms with Gasteiger partial charge in [-0.15, -0.1) is 0 Å². The van der Waals surface area contributed by atoms with Gasteiger partial charge in [0, 0.05) is 12.5 Å². The fourth-order valence-corrected chi connectivity index (χ4v) is 5.51. The molecule has 0 amide bonds. The Hall–Kier alpha value is -6.06. The van der Waals surface area contributed by atoms with Gasteiger partial charge in [-0.05, 0) is 33.4 Å². The van der Waals surface area contributed by atoms with E-state index in [0.29, 0.717) is 27.8 Å². The van der Waals surface area contributed by atoms with Gasteiger partial charge >= 0.3 is 23.9 Å². The van der Waals surface area contributed by atoms with Crippen LogP contribution in [0.1, 0.15) is 39.3 Å². The summed E-state index contributed by atoms with van der Waals surface area (Å²) in [5.74, 6) is -8.94. The molecule has 0 atom stereocenters. The second kappa shape index (κ2) is 18.6. The molecule has 0 spiro atoms. The van der Waals surface area contributed by atoms with Crippen molar-refractivity contribution in [3.63, 3.8) is 0 Å². The average Bonchev–Trinajstić information content (AvgIpc) is 3.19. The highest BCUT2D eigenvalue weighted by molar-refractivity contribution is 6.01. The summed E-state index contributed by atoms with van der Waals surface area (Å²) in [5.41, 5.74) is 9.63. The Kier molecular flexibility index (Phi) is 13.2. The molecule has 2 N–H and O–H groups in total. The van der Waals surface area contributed by atoms with Crippen LogP contribution in [-0.4, -0.2) is 23.9 Å². The van der Waals surface area contributed by atoms with Crippen molar-refractivity contribution in [2.45, 2.75) is 38.9 Å². The fraction of sp³-hybridized carbons (Fsp3) is 0.190. The van der Waals surface area contributed by atoms with Gasteiger partial charge < -0.3 is 24.7 Å². The quantitative estimate of drug-likeness (QED) is 0.0709. The summed E-state index contributed by atoms with van der Waals surface area (Å²) >= 11 is 0. The number of carbonyl (C=O) groups is 4. The van der Waals surface area contributed by atoms with E-state index in [0.717, 1.165) is 5.56 Å². The lowest BCUT2D eigenvalue weighted by Gasteiger charge is -2.30. The Morgan fingerprint density at radius 2 is 0.667 bits per heavy atom. The molecule has 0 bridgehead atoms. The molecule has 0 fully saturated rings. The van der Waals surface area contributed by atoms with Crippen LogP contribution in [0.25, 0.3) is 0 Å². The first-order chi connectivity index (χ1) is 24.9. The summed E-state index contributed by atoms with van der Waals surface area (Å²) in [4.78, 5) is 56.7. The Labute approximate surface area is 296 Å². The van der Waals surface area contributed by atoms with E-state index in [4.69, 9.17) is 24.7 Å². The predicted octanol–water partition coefficient (Wildman–Crippen LogP) is 6.43. The molecule has 9 heteroatoms. The molecule has 0 saturated heterocycles. The molecular weight excluding hydrogens is 646 g/mol. The van der Waals surface area contributed by atoms with Gasteiger partial charge in [-0.2, -0.15) is 0 Å². The van der Waals surface area contributed by atoms with Gasteiger partial charge in [-0.1, -0.05) is 146 Å². The van der Waals surface area contributed by atoms with Crippen LogP contribution in [-0.2, 0) is 71.1 Å². The smallest absolute Gasteiger partial charge is 0.321 e. The van der Waals surface area contributed by atoms with Gasteiger partial charge in [0.2, 0.25) is 0 Å². The van der Waals surface area contributed by atoms with E-state index in [1.807, 2.05) is 24.3 Å². The molecule has 0 aliphatic carbocycles. The fourth-order valence-electron chi connectivity index (χ4n) is 5.51. The highest BCUT2D eigenvalue weighted by Gasteiger charge is 2.50. The topological polar surface area (TPSA) is 131 Å². The minimum atomic E-state index is -1.78. The van der Waals surface area contributed by atoms with Crippen LogP contribution >= 0.6 is 0 Å². The number of hydrogen-bond donors (Lipinski definition) is 1. The normalized spacial score (nSPS) is 10.9. The van der Waals surface area contributed by atoms with Gasteiger partial charge in [-0.3, -0.25) is 19.2 Å². The maximum Gasteiger partial charge on any atom is 0.321 e. The molecule has 0 saturated carbocycles. The second-order valence-corrected chi connectivity index (χ2v) is 11.8. The number of carbonyl (C=O) groups excluding carboxylic acids is 4. The van der Waals surface area contributed by atoms with E-state index in [2.05, 4.69) is 0 Å². The van der Waals surface area contributed by atoms with Crippen molar-refractivity contribution in [2.75, 3.05) is 0 Å². The third-order valence-electron chi connectivity index (χ3n) is 8.23. The summed E-state index contributed by atoms with van der Waals surface area (Å²) < 4.78 is 22.9. The van der Waals surface area contributed by atoms with Crippen LogP contribution in [0.2, 0.25) is 0 Å². The van der Waals surface area contributed by atoms with Gasteiger partial charge in [0.05, 0.1) is 0 Å². The summed E-state index contributed by atoms with van der Waals surface area (Å²) in [6.45, 7) is -0.440. The largest absolute Gasteiger partial charge is 0.460 e. The third kappa shape index (κ3) is 10.5. The van der Waals surface area contributed by atoms with Crippen molar-refractivity contribution < 1.29 is 38.1 Å².